The van der Waals surface area contributed by atoms with E-state index in [-0.39, 0.29) is 34.9 Å². The summed E-state index contributed by atoms with van der Waals surface area (Å²) in [4.78, 5) is 24.9. The van der Waals surface area contributed by atoms with Gasteiger partial charge in [0.2, 0.25) is 0 Å². The number of hydrogen-bond acceptors (Lipinski definition) is 7. The third-order valence-corrected chi connectivity index (χ3v) is 6.80. The lowest BCUT2D eigenvalue weighted by Crippen LogP contribution is -2.68. The second kappa shape index (κ2) is 8.52. The van der Waals surface area contributed by atoms with Gasteiger partial charge < -0.3 is 20.1 Å². The molecule has 11 nitrogen and oxygen atoms in total. The molecule has 3 N–H and O–H groups in total. The molecule has 0 aromatic carbocycles. The van der Waals surface area contributed by atoms with Crippen molar-refractivity contribution in [2.75, 3.05) is 11.9 Å². The Morgan fingerprint density at radius 3 is 2.74 bits per heavy atom. The van der Waals surface area contributed by atoms with E-state index in [1.807, 2.05) is 0 Å². The van der Waals surface area contributed by atoms with Gasteiger partial charge in [-0.1, -0.05) is 0 Å². The van der Waals surface area contributed by atoms with Gasteiger partial charge in [0.05, 0.1) is 18.0 Å². The van der Waals surface area contributed by atoms with Gasteiger partial charge in [-0.05, 0) is 32.1 Å². The number of carbonyl (C=O) groups excluding carboxylic acids is 2. The van der Waals surface area contributed by atoms with E-state index in [1.165, 1.54) is 18.7 Å². The average molecular weight is 498 g/mol. The molecule has 2 aromatic rings. The van der Waals surface area contributed by atoms with Crippen LogP contribution in [0.2, 0.25) is 0 Å². The molecule has 2 amide bonds. The zero-order valence-electron chi connectivity index (χ0n) is 19.1. The molecule has 3 saturated carbocycles. The van der Waals surface area contributed by atoms with Gasteiger partial charge in [0, 0.05) is 30.6 Å². The highest BCUT2D eigenvalue weighted by Gasteiger charge is 2.57. The van der Waals surface area contributed by atoms with Crippen molar-refractivity contribution in [3.05, 3.63) is 28.7 Å². The van der Waals surface area contributed by atoms with Crippen molar-refractivity contribution in [2.45, 2.75) is 63.3 Å². The number of aromatic nitrogens is 4. The number of rotatable bonds is 7. The number of hydrogen-bond donors (Lipinski definition) is 3. The molecule has 1 aliphatic heterocycles. The standard InChI is InChI=1S/C21H25F3N6O5/c1-10-14(9-34-21(22,23)24)29-30(2)17(10)18(31)25-16-4-13(27-28-16)15-3-12(8-33-15)35-19(32)26-20-5-11(6-20)7-20/h4,11-12,15H,3,5-9H2,1-2H3,(H,26,32)(H2,25,27,28,31)/t11?,12-,15-,20?/m1/s1. The zero-order chi connectivity index (χ0) is 25.0. The molecule has 0 spiro atoms. The summed E-state index contributed by atoms with van der Waals surface area (Å²) < 4.78 is 53.2. The number of aromatic amines is 1. The average Bonchev–Trinajstić information content (AvgIpc) is 3.41. The minimum Gasteiger partial charge on any atom is -0.444 e. The molecular weight excluding hydrogens is 473 g/mol. The van der Waals surface area contributed by atoms with Crippen molar-refractivity contribution < 1.29 is 37.0 Å². The van der Waals surface area contributed by atoms with Crippen LogP contribution in [0.5, 0.6) is 0 Å². The maximum absolute atomic E-state index is 12.7. The normalized spacial score (nSPS) is 27.2. The highest BCUT2D eigenvalue weighted by Crippen LogP contribution is 2.56. The van der Waals surface area contributed by atoms with Gasteiger partial charge in [0.25, 0.3) is 5.91 Å². The topological polar surface area (TPSA) is 132 Å². The molecule has 0 unspecified atom stereocenters. The first kappa shape index (κ1) is 23.6. The Labute approximate surface area is 197 Å². The molecule has 6 rings (SSSR count). The Morgan fingerprint density at radius 2 is 2.09 bits per heavy atom. The van der Waals surface area contributed by atoms with E-state index in [2.05, 4.69) is 30.7 Å². The van der Waals surface area contributed by atoms with Gasteiger partial charge >= 0.3 is 12.5 Å². The number of amides is 2. The van der Waals surface area contributed by atoms with E-state index >= 15 is 0 Å². The molecule has 2 atom stereocenters. The maximum atomic E-state index is 12.7. The summed E-state index contributed by atoms with van der Waals surface area (Å²) in [5.74, 6) is 0.359. The molecule has 2 aromatic heterocycles. The quantitative estimate of drug-likeness (QED) is 0.535. The monoisotopic (exact) mass is 498 g/mol. The number of nitrogens with one attached hydrogen (secondary N) is 3. The largest absolute Gasteiger partial charge is 0.522 e. The van der Waals surface area contributed by atoms with Crippen LogP contribution in [-0.2, 0) is 27.9 Å². The van der Waals surface area contributed by atoms with Gasteiger partial charge in [-0.15, -0.1) is 13.2 Å². The number of alkyl carbamates (subject to hydrolysis) is 1. The Morgan fingerprint density at radius 1 is 1.34 bits per heavy atom. The number of halogens is 3. The summed E-state index contributed by atoms with van der Waals surface area (Å²) in [6.07, 6.45) is -2.53. The minimum atomic E-state index is -4.80. The summed E-state index contributed by atoms with van der Waals surface area (Å²) in [6.45, 7) is 0.930. The SMILES string of the molecule is Cc1c(COC(F)(F)F)nn(C)c1C(=O)Nc1cc([C@H]2C[C@@H](OC(=O)NC34CC(C3)C4)CO2)[nH]n1. The van der Waals surface area contributed by atoms with Gasteiger partial charge in [-0.3, -0.25) is 19.3 Å². The fourth-order valence-corrected chi connectivity index (χ4v) is 4.96. The van der Waals surface area contributed by atoms with Gasteiger partial charge in [-0.25, -0.2) is 4.79 Å². The fraction of sp³-hybridized carbons (Fsp3) is 0.619. The molecule has 4 aliphatic rings. The van der Waals surface area contributed by atoms with Crippen LogP contribution in [0.3, 0.4) is 0 Å². The van der Waals surface area contributed by atoms with Crippen molar-refractivity contribution in [3.63, 3.8) is 0 Å². The van der Waals surface area contributed by atoms with Crippen LogP contribution >= 0.6 is 0 Å². The second-order valence-electron chi connectivity index (χ2n) is 9.41. The second-order valence-corrected chi connectivity index (χ2v) is 9.41. The molecule has 190 valence electrons. The maximum Gasteiger partial charge on any atom is 0.522 e. The molecule has 0 radical (unpaired) electrons. The summed E-state index contributed by atoms with van der Waals surface area (Å²) in [5.41, 5.74) is 0.875. The fourth-order valence-electron chi connectivity index (χ4n) is 4.96. The van der Waals surface area contributed by atoms with Crippen LogP contribution in [0.1, 0.15) is 59.2 Å². The number of H-pyrrole nitrogens is 1. The van der Waals surface area contributed by atoms with Crippen LogP contribution in [0.15, 0.2) is 6.07 Å². The van der Waals surface area contributed by atoms with Crippen molar-refractivity contribution in [1.29, 1.82) is 0 Å². The Hall–Kier alpha value is -3.13. The summed E-state index contributed by atoms with van der Waals surface area (Å²) >= 11 is 0. The van der Waals surface area contributed by atoms with Crippen molar-refractivity contribution in [2.24, 2.45) is 13.0 Å². The van der Waals surface area contributed by atoms with Crippen LogP contribution in [0.4, 0.5) is 23.8 Å². The smallest absolute Gasteiger partial charge is 0.444 e. The Bertz CT molecular complexity index is 1130. The van der Waals surface area contributed by atoms with Crippen molar-refractivity contribution >= 4 is 17.8 Å². The van der Waals surface area contributed by atoms with Crippen LogP contribution < -0.4 is 10.6 Å². The van der Waals surface area contributed by atoms with E-state index in [0.29, 0.717) is 12.1 Å². The van der Waals surface area contributed by atoms with Crippen LogP contribution in [-0.4, -0.2) is 56.6 Å². The minimum absolute atomic E-state index is 0.00107. The molecule has 3 heterocycles. The van der Waals surface area contributed by atoms with Crippen molar-refractivity contribution in [3.8, 4) is 0 Å². The van der Waals surface area contributed by atoms with Crippen LogP contribution in [0, 0.1) is 12.8 Å². The van der Waals surface area contributed by atoms with Gasteiger partial charge in [0.1, 0.15) is 24.5 Å². The zero-order valence-corrected chi connectivity index (χ0v) is 19.1. The first-order chi connectivity index (χ1) is 16.5. The lowest BCUT2D eigenvalue weighted by molar-refractivity contribution is -0.330. The Kier molecular flexibility index (Phi) is 5.74. The predicted octanol–water partition coefficient (Wildman–Crippen LogP) is 2.85. The first-order valence-corrected chi connectivity index (χ1v) is 11.2. The van der Waals surface area contributed by atoms with E-state index in [9.17, 15) is 22.8 Å². The number of anilines is 1. The molecule has 4 fully saturated rings. The van der Waals surface area contributed by atoms with E-state index in [0.717, 1.165) is 25.2 Å². The number of ether oxygens (including phenoxy) is 3. The molecule has 1 saturated heterocycles. The third-order valence-electron chi connectivity index (χ3n) is 6.80. The highest BCUT2D eigenvalue weighted by molar-refractivity contribution is 6.03. The van der Waals surface area contributed by atoms with E-state index in [1.54, 1.807) is 6.07 Å². The van der Waals surface area contributed by atoms with E-state index in [4.69, 9.17) is 9.47 Å². The number of carbonyl (C=O) groups is 2. The van der Waals surface area contributed by atoms with Gasteiger partial charge in [-0.2, -0.15) is 10.2 Å². The molecule has 2 bridgehead atoms. The lowest BCUT2D eigenvalue weighted by Gasteiger charge is -2.61. The molecule has 35 heavy (non-hydrogen) atoms. The number of aryl methyl sites for hydroxylation is 1. The first-order valence-electron chi connectivity index (χ1n) is 11.2. The van der Waals surface area contributed by atoms with Crippen molar-refractivity contribution in [1.82, 2.24) is 25.3 Å². The van der Waals surface area contributed by atoms with E-state index < -0.39 is 37.2 Å². The molecule has 14 heteroatoms. The predicted molar refractivity (Wildman–Crippen MR) is 112 cm³/mol. The number of nitrogens with zero attached hydrogens (tertiary/aromatic N) is 3. The highest BCUT2D eigenvalue weighted by atomic mass is 19.4. The summed E-state index contributed by atoms with van der Waals surface area (Å²) in [6, 6.07) is 1.59. The summed E-state index contributed by atoms with van der Waals surface area (Å²) in [7, 11) is 1.45. The summed E-state index contributed by atoms with van der Waals surface area (Å²) in [5, 5.41) is 16.4. The Balaban J connectivity index is 1.15. The lowest BCUT2D eigenvalue weighted by atomic mass is 9.50. The number of alkyl halides is 3. The van der Waals surface area contributed by atoms with Gasteiger partial charge in [0.15, 0.2) is 5.82 Å². The third kappa shape index (κ3) is 4.85. The molecule has 3 aliphatic carbocycles. The molecular formula is C21H25F3N6O5. The van der Waals surface area contributed by atoms with Crippen LogP contribution in [0.25, 0.3) is 0 Å².